The number of methoxy groups -OCH3 is 1. The summed E-state index contributed by atoms with van der Waals surface area (Å²) in [6.07, 6.45) is 2.53. The normalized spacial score (nSPS) is 10.8. The van der Waals surface area contributed by atoms with Crippen LogP contribution in [0.15, 0.2) is 27.6 Å². The average molecular weight is 332 g/mol. The molecule has 0 spiro atoms. The molecule has 0 unspecified atom stereocenters. The van der Waals surface area contributed by atoms with Gasteiger partial charge in [-0.15, -0.1) is 11.8 Å². The molecule has 18 heavy (non-hydrogen) atoms. The third-order valence-electron chi connectivity index (χ3n) is 2.58. The molecule has 1 aromatic rings. The van der Waals surface area contributed by atoms with Gasteiger partial charge in [-0.25, -0.2) is 0 Å². The zero-order valence-electron chi connectivity index (χ0n) is 11.2. The zero-order chi connectivity index (χ0) is 13.2. The number of nitrogens with one attached hydrogen (secondary N) is 1. The Hall–Kier alpha value is -0.0300. The topological polar surface area (TPSA) is 21.3 Å². The molecule has 0 saturated carbocycles. The summed E-state index contributed by atoms with van der Waals surface area (Å²) in [5, 5.41) is 3.40. The number of ether oxygens (including phenoxy) is 1. The maximum Gasteiger partial charge on any atom is 0.0587 e. The highest BCUT2D eigenvalue weighted by Crippen LogP contribution is 2.26. The van der Waals surface area contributed by atoms with Crippen LogP contribution in [-0.2, 0) is 11.3 Å². The van der Waals surface area contributed by atoms with E-state index in [0.717, 1.165) is 24.2 Å². The van der Waals surface area contributed by atoms with Gasteiger partial charge >= 0.3 is 0 Å². The van der Waals surface area contributed by atoms with E-state index in [2.05, 4.69) is 46.4 Å². The highest BCUT2D eigenvalue weighted by atomic mass is 79.9. The molecule has 0 amide bonds. The van der Waals surface area contributed by atoms with E-state index in [1.165, 1.54) is 29.1 Å². The molecule has 0 bridgehead atoms. The van der Waals surface area contributed by atoms with E-state index in [0.29, 0.717) is 0 Å². The van der Waals surface area contributed by atoms with E-state index in [-0.39, 0.29) is 0 Å². The molecule has 0 radical (unpaired) electrons. The number of halogens is 1. The van der Waals surface area contributed by atoms with E-state index >= 15 is 0 Å². The Morgan fingerprint density at radius 3 is 2.94 bits per heavy atom. The number of hydrogen-bond donors (Lipinski definition) is 1. The molecule has 1 N–H and O–H groups in total. The molecule has 0 aliphatic carbocycles. The van der Waals surface area contributed by atoms with Gasteiger partial charge in [-0.1, -0.05) is 29.3 Å². The van der Waals surface area contributed by atoms with Gasteiger partial charge in [0.25, 0.3) is 0 Å². The summed E-state index contributed by atoms with van der Waals surface area (Å²) in [7, 11) is 1.73. The lowest BCUT2D eigenvalue weighted by molar-refractivity contribution is 0.199. The second-order valence-electron chi connectivity index (χ2n) is 4.12. The lowest BCUT2D eigenvalue weighted by Gasteiger charge is -2.11. The third kappa shape index (κ3) is 6.23. The Morgan fingerprint density at radius 2 is 2.22 bits per heavy atom. The van der Waals surface area contributed by atoms with Crippen molar-refractivity contribution in [3.05, 3.63) is 28.2 Å². The van der Waals surface area contributed by atoms with Crippen LogP contribution in [0.25, 0.3) is 0 Å². The summed E-state index contributed by atoms with van der Waals surface area (Å²) >= 11 is 5.49. The smallest absolute Gasteiger partial charge is 0.0587 e. The predicted octanol–water partition coefficient (Wildman–Crippen LogP) is 4.08. The fourth-order valence-corrected chi connectivity index (χ4v) is 3.09. The van der Waals surface area contributed by atoms with Crippen LogP contribution >= 0.6 is 27.7 Å². The second-order valence-corrected chi connectivity index (χ2v) is 6.18. The highest BCUT2D eigenvalue weighted by molar-refractivity contribution is 9.10. The number of hydrogen-bond acceptors (Lipinski definition) is 3. The van der Waals surface area contributed by atoms with Gasteiger partial charge in [-0.2, -0.15) is 0 Å². The van der Waals surface area contributed by atoms with Crippen LogP contribution in [0, 0.1) is 0 Å². The van der Waals surface area contributed by atoms with Gasteiger partial charge in [0.2, 0.25) is 0 Å². The first kappa shape index (κ1) is 16.0. The van der Waals surface area contributed by atoms with Crippen LogP contribution in [0.5, 0.6) is 0 Å². The van der Waals surface area contributed by atoms with Crippen molar-refractivity contribution in [1.82, 2.24) is 5.32 Å². The van der Waals surface area contributed by atoms with Crippen molar-refractivity contribution in [2.24, 2.45) is 0 Å². The monoisotopic (exact) mass is 331 g/mol. The Morgan fingerprint density at radius 1 is 1.39 bits per heavy atom. The van der Waals surface area contributed by atoms with E-state index in [4.69, 9.17) is 4.74 Å². The van der Waals surface area contributed by atoms with Crippen molar-refractivity contribution in [3.8, 4) is 0 Å². The molecule has 0 atom stereocenters. The molecule has 2 nitrogen and oxygen atoms in total. The zero-order valence-corrected chi connectivity index (χ0v) is 13.6. The molecule has 0 heterocycles. The number of rotatable bonds is 9. The molecule has 0 aromatic heterocycles. The van der Waals surface area contributed by atoms with Crippen LogP contribution in [0.4, 0.5) is 0 Å². The molecule has 0 saturated heterocycles. The SMILES string of the molecule is CCCCSc1ccc(Br)cc1CNCCOC. The van der Waals surface area contributed by atoms with Crippen LogP contribution in [0.1, 0.15) is 25.3 Å². The molecule has 1 aromatic carbocycles. The summed E-state index contributed by atoms with van der Waals surface area (Å²) in [5.74, 6) is 1.20. The van der Waals surface area contributed by atoms with Gasteiger partial charge in [-0.3, -0.25) is 0 Å². The van der Waals surface area contributed by atoms with E-state index in [1.54, 1.807) is 7.11 Å². The first-order chi connectivity index (χ1) is 8.77. The van der Waals surface area contributed by atoms with Crippen LogP contribution in [0.2, 0.25) is 0 Å². The van der Waals surface area contributed by atoms with Crippen molar-refractivity contribution in [2.75, 3.05) is 26.0 Å². The largest absolute Gasteiger partial charge is 0.383 e. The number of thioether (sulfide) groups is 1. The van der Waals surface area contributed by atoms with Crippen molar-refractivity contribution < 1.29 is 4.74 Å². The molecular formula is C14H22BrNOS. The fraction of sp³-hybridized carbons (Fsp3) is 0.571. The Labute approximate surface area is 123 Å². The first-order valence-electron chi connectivity index (χ1n) is 6.38. The van der Waals surface area contributed by atoms with E-state index in [9.17, 15) is 0 Å². The Bertz CT molecular complexity index is 347. The number of unbranched alkanes of at least 4 members (excludes halogenated alkanes) is 1. The summed E-state index contributed by atoms with van der Waals surface area (Å²) in [5.41, 5.74) is 1.36. The molecule has 0 fully saturated rings. The van der Waals surface area contributed by atoms with Gasteiger partial charge in [0.15, 0.2) is 0 Å². The molecule has 1 rings (SSSR count). The van der Waals surface area contributed by atoms with E-state index < -0.39 is 0 Å². The maximum atomic E-state index is 5.04. The van der Waals surface area contributed by atoms with Gasteiger partial charge in [0.05, 0.1) is 6.61 Å². The minimum atomic E-state index is 0.756. The predicted molar refractivity (Wildman–Crippen MR) is 83.4 cm³/mol. The van der Waals surface area contributed by atoms with Gasteiger partial charge in [0, 0.05) is 29.6 Å². The molecule has 0 aliphatic rings. The van der Waals surface area contributed by atoms with Crippen LogP contribution in [0.3, 0.4) is 0 Å². The van der Waals surface area contributed by atoms with Crippen molar-refractivity contribution in [3.63, 3.8) is 0 Å². The van der Waals surface area contributed by atoms with Gasteiger partial charge < -0.3 is 10.1 Å². The van der Waals surface area contributed by atoms with Gasteiger partial charge in [0.1, 0.15) is 0 Å². The first-order valence-corrected chi connectivity index (χ1v) is 8.16. The minimum Gasteiger partial charge on any atom is -0.383 e. The third-order valence-corrected chi connectivity index (χ3v) is 4.27. The molecular weight excluding hydrogens is 310 g/mol. The molecule has 102 valence electrons. The molecule has 0 aliphatic heterocycles. The standard InChI is InChI=1S/C14H22BrNOS/c1-3-4-9-18-14-6-5-13(15)10-12(14)11-16-7-8-17-2/h5-6,10,16H,3-4,7-9,11H2,1-2H3. The van der Waals surface area contributed by atoms with Crippen LogP contribution in [-0.4, -0.2) is 26.0 Å². The van der Waals surface area contributed by atoms with Crippen molar-refractivity contribution >= 4 is 27.7 Å². The second kappa shape index (κ2) is 9.84. The number of benzene rings is 1. The summed E-state index contributed by atoms with van der Waals surface area (Å²) in [6.45, 7) is 4.78. The molecule has 4 heteroatoms. The average Bonchev–Trinajstić information content (AvgIpc) is 2.37. The summed E-state index contributed by atoms with van der Waals surface area (Å²) in [4.78, 5) is 1.39. The lowest BCUT2D eigenvalue weighted by Crippen LogP contribution is -2.18. The fourth-order valence-electron chi connectivity index (χ4n) is 1.55. The van der Waals surface area contributed by atoms with Crippen LogP contribution < -0.4 is 5.32 Å². The summed E-state index contributed by atoms with van der Waals surface area (Å²) in [6, 6.07) is 6.53. The van der Waals surface area contributed by atoms with Crippen molar-refractivity contribution in [2.45, 2.75) is 31.2 Å². The van der Waals surface area contributed by atoms with E-state index in [1.807, 2.05) is 11.8 Å². The highest BCUT2D eigenvalue weighted by Gasteiger charge is 2.03. The minimum absolute atomic E-state index is 0.756. The quantitative estimate of drug-likeness (QED) is 0.544. The Balaban J connectivity index is 2.53. The lowest BCUT2D eigenvalue weighted by atomic mass is 10.2. The van der Waals surface area contributed by atoms with Gasteiger partial charge in [-0.05, 0) is 35.9 Å². The summed E-state index contributed by atoms with van der Waals surface area (Å²) < 4.78 is 6.18. The Kier molecular flexibility index (Phi) is 8.76. The van der Waals surface area contributed by atoms with Crippen molar-refractivity contribution in [1.29, 1.82) is 0 Å². The maximum absolute atomic E-state index is 5.04.